The normalized spacial score (nSPS) is 10.6. The number of benzene rings is 3. The van der Waals surface area contributed by atoms with E-state index in [0.717, 1.165) is 11.3 Å². The number of carbonyl (C=O) groups excluding carboxylic acids is 1. The van der Waals surface area contributed by atoms with Gasteiger partial charge < -0.3 is 9.73 Å². The van der Waals surface area contributed by atoms with E-state index in [1.807, 2.05) is 54.6 Å². The smallest absolute Gasteiger partial charge is 0.278 e. The van der Waals surface area contributed by atoms with E-state index < -0.39 is 0 Å². The lowest BCUT2D eigenvalue weighted by molar-refractivity contribution is 0.102. The van der Waals surface area contributed by atoms with Crippen LogP contribution in [0.1, 0.15) is 21.6 Å². The summed E-state index contributed by atoms with van der Waals surface area (Å²) in [7, 11) is 0. The minimum Gasteiger partial charge on any atom is -0.443 e. The fourth-order valence-corrected chi connectivity index (χ4v) is 3.26. The molecule has 1 aromatic heterocycles. The van der Waals surface area contributed by atoms with E-state index in [1.54, 1.807) is 12.1 Å². The molecule has 138 valence electrons. The van der Waals surface area contributed by atoms with Crippen LogP contribution in [0.15, 0.2) is 89.7 Å². The molecule has 0 aliphatic carbocycles. The second-order valence-corrected chi connectivity index (χ2v) is 6.69. The van der Waals surface area contributed by atoms with Gasteiger partial charge in [-0.05, 0) is 35.7 Å². The molecule has 0 aliphatic rings. The number of anilines is 1. The van der Waals surface area contributed by atoms with Crippen LogP contribution in [-0.4, -0.2) is 10.9 Å². The molecule has 5 heteroatoms. The van der Waals surface area contributed by atoms with Crippen LogP contribution in [0.5, 0.6) is 0 Å². The summed E-state index contributed by atoms with van der Waals surface area (Å²) in [6.45, 7) is 0. The third kappa shape index (κ3) is 3.82. The van der Waals surface area contributed by atoms with Crippen molar-refractivity contribution >= 4 is 23.2 Å². The number of amides is 1. The van der Waals surface area contributed by atoms with Crippen molar-refractivity contribution in [2.45, 2.75) is 6.42 Å². The average molecular weight is 389 g/mol. The highest BCUT2D eigenvalue weighted by molar-refractivity contribution is 6.33. The van der Waals surface area contributed by atoms with Crippen LogP contribution in [0.25, 0.3) is 11.3 Å². The Morgan fingerprint density at radius 1 is 0.929 bits per heavy atom. The molecule has 4 rings (SSSR count). The van der Waals surface area contributed by atoms with Gasteiger partial charge >= 0.3 is 0 Å². The largest absolute Gasteiger partial charge is 0.443 e. The van der Waals surface area contributed by atoms with E-state index in [0.29, 0.717) is 22.8 Å². The van der Waals surface area contributed by atoms with E-state index in [4.69, 9.17) is 16.0 Å². The first kappa shape index (κ1) is 18.0. The van der Waals surface area contributed by atoms with Crippen LogP contribution in [-0.2, 0) is 6.42 Å². The van der Waals surface area contributed by atoms with Gasteiger partial charge in [0.15, 0.2) is 17.8 Å². The van der Waals surface area contributed by atoms with Gasteiger partial charge in [0.2, 0.25) is 0 Å². The Morgan fingerprint density at radius 2 is 1.64 bits per heavy atom. The minimum absolute atomic E-state index is 0.197. The van der Waals surface area contributed by atoms with Crippen LogP contribution >= 0.6 is 11.6 Å². The second-order valence-electron chi connectivity index (χ2n) is 6.28. The van der Waals surface area contributed by atoms with Gasteiger partial charge in [-0.15, -0.1) is 0 Å². The van der Waals surface area contributed by atoms with Crippen LogP contribution < -0.4 is 5.32 Å². The first-order valence-electron chi connectivity index (χ1n) is 8.84. The molecule has 1 amide bonds. The van der Waals surface area contributed by atoms with Gasteiger partial charge in [0.25, 0.3) is 5.91 Å². The molecule has 4 nitrogen and oxygen atoms in total. The standard InChI is InChI=1S/C23H17ClN2O2/c24-19-12-6-5-11-18(19)22-21(25-15-28-22)23(27)26-20-13-7-4-10-17(20)14-16-8-2-1-3-9-16/h1-13,15H,14H2,(H,26,27). The van der Waals surface area contributed by atoms with Crippen molar-refractivity contribution < 1.29 is 9.21 Å². The maximum absolute atomic E-state index is 12.9. The molecule has 0 unspecified atom stereocenters. The zero-order valence-corrected chi connectivity index (χ0v) is 15.7. The van der Waals surface area contributed by atoms with Crippen LogP contribution in [0.4, 0.5) is 5.69 Å². The molecular formula is C23H17ClN2O2. The van der Waals surface area contributed by atoms with Gasteiger partial charge in [0, 0.05) is 11.3 Å². The molecule has 0 spiro atoms. The molecular weight excluding hydrogens is 372 g/mol. The number of aromatic nitrogens is 1. The molecule has 0 saturated carbocycles. The Kier molecular flexibility index (Phi) is 5.22. The lowest BCUT2D eigenvalue weighted by Gasteiger charge is -2.11. The monoisotopic (exact) mass is 388 g/mol. The average Bonchev–Trinajstić information content (AvgIpc) is 3.20. The van der Waals surface area contributed by atoms with Crippen molar-refractivity contribution in [2.24, 2.45) is 0 Å². The van der Waals surface area contributed by atoms with Crippen LogP contribution in [0.2, 0.25) is 5.02 Å². The van der Waals surface area contributed by atoms with Gasteiger partial charge in [0.1, 0.15) is 0 Å². The highest BCUT2D eigenvalue weighted by atomic mass is 35.5. The van der Waals surface area contributed by atoms with Crippen LogP contribution in [0.3, 0.4) is 0 Å². The Balaban J connectivity index is 1.61. The summed E-state index contributed by atoms with van der Waals surface area (Å²) in [6.07, 6.45) is 1.97. The zero-order chi connectivity index (χ0) is 19.3. The van der Waals surface area contributed by atoms with Gasteiger partial charge in [-0.1, -0.05) is 72.3 Å². The molecule has 0 radical (unpaired) electrons. The number of hydrogen-bond acceptors (Lipinski definition) is 3. The highest BCUT2D eigenvalue weighted by Crippen LogP contribution is 2.30. The predicted octanol–water partition coefficient (Wildman–Crippen LogP) is 5.84. The third-order valence-electron chi connectivity index (χ3n) is 4.40. The molecule has 1 heterocycles. The van der Waals surface area contributed by atoms with E-state index >= 15 is 0 Å². The molecule has 28 heavy (non-hydrogen) atoms. The summed E-state index contributed by atoms with van der Waals surface area (Å²) >= 11 is 6.25. The second kappa shape index (κ2) is 8.11. The van der Waals surface area contributed by atoms with Gasteiger partial charge in [-0.2, -0.15) is 0 Å². The predicted molar refractivity (Wildman–Crippen MR) is 111 cm³/mol. The van der Waals surface area contributed by atoms with E-state index in [9.17, 15) is 4.79 Å². The molecule has 4 aromatic rings. The minimum atomic E-state index is -0.343. The molecule has 1 N–H and O–H groups in total. The summed E-state index contributed by atoms with van der Waals surface area (Å²) in [5.41, 5.74) is 3.75. The number of oxazole rings is 1. The third-order valence-corrected chi connectivity index (χ3v) is 4.73. The number of carbonyl (C=O) groups is 1. The van der Waals surface area contributed by atoms with Crippen molar-refractivity contribution in [1.82, 2.24) is 4.98 Å². The van der Waals surface area contributed by atoms with E-state index in [-0.39, 0.29) is 11.6 Å². The fourth-order valence-electron chi connectivity index (χ4n) is 3.04. The lowest BCUT2D eigenvalue weighted by Crippen LogP contribution is -2.15. The molecule has 0 saturated heterocycles. The first-order chi connectivity index (χ1) is 13.7. The lowest BCUT2D eigenvalue weighted by atomic mass is 10.0. The quantitative estimate of drug-likeness (QED) is 0.467. The topological polar surface area (TPSA) is 55.1 Å². The SMILES string of the molecule is O=C(Nc1ccccc1Cc1ccccc1)c1ncoc1-c1ccccc1Cl. The number of rotatable bonds is 5. The summed E-state index contributed by atoms with van der Waals surface area (Å²) in [5, 5.41) is 3.46. The number of halogens is 1. The number of hydrogen-bond donors (Lipinski definition) is 1. The summed E-state index contributed by atoms with van der Waals surface area (Å²) in [4.78, 5) is 17.0. The van der Waals surface area contributed by atoms with Gasteiger partial charge in [0.05, 0.1) is 5.02 Å². The Morgan fingerprint density at radius 3 is 2.46 bits per heavy atom. The Bertz CT molecular complexity index is 1110. The first-order valence-corrected chi connectivity index (χ1v) is 9.22. The van der Waals surface area contributed by atoms with Crippen molar-refractivity contribution in [3.05, 3.63) is 107 Å². The fraction of sp³-hybridized carbons (Fsp3) is 0.0435. The summed E-state index contributed by atoms with van der Waals surface area (Å²) < 4.78 is 5.46. The Labute approximate surface area is 167 Å². The number of nitrogens with one attached hydrogen (secondary N) is 1. The maximum atomic E-state index is 12.9. The molecule has 0 bridgehead atoms. The van der Waals surface area contributed by atoms with Gasteiger partial charge in [-0.3, -0.25) is 4.79 Å². The summed E-state index contributed by atoms with van der Waals surface area (Å²) in [5.74, 6) is 0.00724. The van der Waals surface area contributed by atoms with Crippen molar-refractivity contribution in [1.29, 1.82) is 0 Å². The van der Waals surface area contributed by atoms with E-state index in [1.165, 1.54) is 12.0 Å². The molecule has 3 aromatic carbocycles. The molecule has 0 atom stereocenters. The van der Waals surface area contributed by atoms with Crippen molar-refractivity contribution in [3.63, 3.8) is 0 Å². The highest BCUT2D eigenvalue weighted by Gasteiger charge is 2.20. The maximum Gasteiger partial charge on any atom is 0.278 e. The summed E-state index contributed by atoms with van der Waals surface area (Å²) in [6, 6.07) is 25.0. The van der Waals surface area contributed by atoms with Gasteiger partial charge in [-0.25, -0.2) is 4.98 Å². The number of para-hydroxylation sites is 1. The Hall–Kier alpha value is -3.37. The zero-order valence-electron chi connectivity index (χ0n) is 14.9. The van der Waals surface area contributed by atoms with Crippen LogP contribution in [0, 0.1) is 0 Å². The number of nitrogens with zero attached hydrogens (tertiary/aromatic N) is 1. The van der Waals surface area contributed by atoms with Crippen molar-refractivity contribution in [2.75, 3.05) is 5.32 Å². The molecule has 0 aliphatic heterocycles. The van der Waals surface area contributed by atoms with E-state index in [2.05, 4.69) is 22.4 Å². The van der Waals surface area contributed by atoms with Crippen molar-refractivity contribution in [3.8, 4) is 11.3 Å². The molecule has 0 fully saturated rings.